The summed E-state index contributed by atoms with van der Waals surface area (Å²) in [5, 5.41) is 3.26. The molecule has 5 rings (SSSR count). The van der Waals surface area contributed by atoms with E-state index in [1.54, 1.807) is 4.90 Å². The maximum Gasteiger partial charge on any atom is 0.271 e. The van der Waals surface area contributed by atoms with Crippen LogP contribution in [0.25, 0.3) is 11.3 Å². The number of nitrogens with one attached hydrogen (secondary N) is 3. The zero-order valence-corrected chi connectivity index (χ0v) is 22.9. The molecule has 1 aliphatic heterocycles. The lowest BCUT2D eigenvalue weighted by molar-refractivity contribution is -0.908. The van der Waals surface area contributed by atoms with E-state index in [1.165, 1.54) is 11.3 Å². The summed E-state index contributed by atoms with van der Waals surface area (Å²) in [6.07, 6.45) is 6.16. The summed E-state index contributed by atoms with van der Waals surface area (Å²) >= 11 is 0. The number of carbonyl (C=O) groups excluding carboxylic acids is 2. The first kappa shape index (κ1) is 27.2. The zero-order valence-electron chi connectivity index (χ0n) is 22.9. The molecule has 1 aliphatic carbocycles. The Labute approximate surface area is 230 Å². The summed E-state index contributed by atoms with van der Waals surface area (Å²) in [7, 11) is 0. The number of amides is 2. The third kappa shape index (κ3) is 6.99. The molecule has 2 aromatic heterocycles. The molecule has 8 nitrogen and oxygen atoms in total. The molecule has 0 bridgehead atoms. The van der Waals surface area contributed by atoms with Gasteiger partial charge < -0.3 is 29.3 Å². The minimum absolute atomic E-state index is 0.134. The molecule has 0 spiro atoms. The molecule has 1 atom stereocenters. The van der Waals surface area contributed by atoms with Crippen molar-refractivity contribution in [3.05, 3.63) is 71.8 Å². The summed E-state index contributed by atoms with van der Waals surface area (Å²) in [6.45, 7) is 6.70. The Kier molecular flexibility index (Phi) is 9.16. The summed E-state index contributed by atoms with van der Waals surface area (Å²) in [5.74, 6) is 0.852. The van der Waals surface area contributed by atoms with E-state index in [2.05, 4.69) is 10.3 Å². The smallest absolute Gasteiger partial charge is 0.271 e. The molecular weight excluding hydrogens is 492 g/mol. The molecule has 39 heavy (non-hydrogen) atoms. The van der Waals surface area contributed by atoms with Gasteiger partial charge in [-0.25, -0.2) is 0 Å². The van der Waals surface area contributed by atoms with Crippen molar-refractivity contribution in [2.75, 3.05) is 39.4 Å². The number of hydrogen-bond donors (Lipinski definition) is 3. The van der Waals surface area contributed by atoms with Crippen molar-refractivity contribution in [3.8, 4) is 11.3 Å². The van der Waals surface area contributed by atoms with Gasteiger partial charge in [-0.15, -0.1) is 0 Å². The minimum Gasteiger partial charge on any atom is -0.464 e. The highest BCUT2D eigenvalue weighted by Gasteiger charge is 2.36. The molecule has 8 heteroatoms. The van der Waals surface area contributed by atoms with Gasteiger partial charge in [0.1, 0.15) is 30.3 Å². The number of furan rings is 1. The number of morpholine rings is 1. The number of ether oxygens (including phenoxy) is 1. The molecule has 3 heterocycles. The van der Waals surface area contributed by atoms with Gasteiger partial charge in [-0.2, -0.15) is 0 Å². The summed E-state index contributed by atoms with van der Waals surface area (Å²) in [4.78, 5) is 34.5. The maximum absolute atomic E-state index is 14.1. The van der Waals surface area contributed by atoms with Crippen molar-refractivity contribution >= 4 is 11.8 Å². The van der Waals surface area contributed by atoms with Gasteiger partial charge in [-0.1, -0.05) is 49.6 Å². The fourth-order valence-corrected chi connectivity index (χ4v) is 5.77. The molecule has 2 fully saturated rings. The normalized spacial score (nSPS) is 17.6. The van der Waals surface area contributed by atoms with Gasteiger partial charge in [0.2, 0.25) is 0 Å². The highest BCUT2D eigenvalue weighted by Crippen LogP contribution is 2.28. The summed E-state index contributed by atoms with van der Waals surface area (Å²) < 4.78 is 11.5. The van der Waals surface area contributed by atoms with Crippen LogP contribution < -0.4 is 10.2 Å². The molecule has 0 unspecified atom stereocenters. The van der Waals surface area contributed by atoms with E-state index in [4.69, 9.17) is 9.15 Å². The largest absolute Gasteiger partial charge is 0.464 e. The number of nitrogens with zero attached hydrogens (tertiary/aromatic N) is 1. The summed E-state index contributed by atoms with van der Waals surface area (Å²) in [5.41, 5.74) is 2.34. The lowest BCUT2D eigenvalue weighted by Gasteiger charge is -2.32. The first-order chi connectivity index (χ1) is 19.1. The third-order valence-corrected chi connectivity index (χ3v) is 7.93. The Balaban J connectivity index is 1.41. The molecule has 3 N–H and O–H groups in total. The predicted molar refractivity (Wildman–Crippen MR) is 149 cm³/mol. The zero-order chi connectivity index (χ0) is 27.0. The average molecular weight is 534 g/mol. The van der Waals surface area contributed by atoms with Gasteiger partial charge in [0, 0.05) is 24.7 Å². The van der Waals surface area contributed by atoms with Gasteiger partial charge in [-0.05, 0) is 49.6 Å². The Bertz CT molecular complexity index is 1210. The van der Waals surface area contributed by atoms with Crippen LogP contribution in [0.15, 0.2) is 59.0 Å². The molecule has 208 valence electrons. The van der Waals surface area contributed by atoms with Gasteiger partial charge in [0.25, 0.3) is 11.8 Å². The quantitative estimate of drug-likeness (QED) is 0.372. The minimum atomic E-state index is -0.837. The monoisotopic (exact) mass is 533 g/mol. The number of aryl methyl sites for hydroxylation is 1. The molecule has 3 aromatic rings. The number of aromatic nitrogens is 1. The average Bonchev–Trinajstić information content (AvgIpc) is 3.63. The van der Waals surface area contributed by atoms with Crippen LogP contribution in [0, 0.1) is 6.92 Å². The second-order valence-corrected chi connectivity index (χ2v) is 10.8. The topological polar surface area (TPSA) is 92.0 Å². The first-order valence-electron chi connectivity index (χ1n) is 14.4. The third-order valence-electron chi connectivity index (χ3n) is 7.93. The van der Waals surface area contributed by atoms with Crippen molar-refractivity contribution in [1.82, 2.24) is 15.2 Å². The predicted octanol–water partition coefficient (Wildman–Crippen LogP) is 3.52. The van der Waals surface area contributed by atoms with E-state index in [-0.39, 0.29) is 17.9 Å². The number of carbonyl (C=O) groups is 2. The van der Waals surface area contributed by atoms with Crippen molar-refractivity contribution in [3.63, 3.8) is 0 Å². The molecule has 1 saturated heterocycles. The Morgan fingerprint density at radius 3 is 2.51 bits per heavy atom. The maximum atomic E-state index is 14.1. The lowest BCUT2D eigenvalue weighted by Crippen LogP contribution is -3.14. The summed E-state index contributed by atoms with van der Waals surface area (Å²) in [6, 6.07) is 16.7. The van der Waals surface area contributed by atoms with Gasteiger partial charge in [-0.3, -0.25) is 9.59 Å². The lowest BCUT2D eigenvalue weighted by atomic mass is 9.95. The Morgan fingerprint density at radius 1 is 1.03 bits per heavy atom. The molecular formula is C31H41N4O4+. The van der Waals surface area contributed by atoms with Crippen LogP contribution in [-0.4, -0.2) is 67.1 Å². The van der Waals surface area contributed by atoms with Crippen LogP contribution in [-0.2, 0) is 9.53 Å². The number of H-pyrrole nitrogens is 1. The van der Waals surface area contributed by atoms with E-state index in [0.717, 1.165) is 82.0 Å². The number of quaternary nitrogens is 1. The molecule has 1 aromatic carbocycles. The van der Waals surface area contributed by atoms with Gasteiger partial charge >= 0.3 is 0 Å². The highest BCUT2D eigenvalue weighted by molar-refractivity contribution is 5.97. The van der Waals surface area contributed by atoms with Crippen molar-refractivity contribution in [2.24, 2.45) is 0 Å². The fourth-order valence-electron chi connectivity index (χ4n) is 5.77. The van der Waals surface area contributed by atoms with E-state index in [9.17, 15) is 9.59 Å². The van der Waals surface area contributed by atoms with Crippen LogP contribution in [0.5, 0.6) is 0 Å². The number of hydrogen-bond acceptors (Lipinski definition) is 4. The molecule has 0 radical (unpaired) electrons. The number of aromatic amines is 1. The van der Waals surface area contributed by atoms with Crippen LogP contribution >= 0.6 is 0 Å². The van der Waals surface area contributed by atoms with Crippen LogP contribution in [0.3, 0.4) is 0 Å². The number of benzene rings is 1. The first-order valence-corrected chi connectivity index (χ1v) is 14.4. The van der Waals surface area contributed by atoms with Crippen molar-refractivity contribution < 1.29 is 23.6 Å². The molecule has 1 saturated carbocycles. The van der Waals surface area contributed by atoms with Crippen LogP contribution in [0.4, 0.5) is 0 Å². The molecule has 2 amide bonds. The Hall–Kier alpha value is -3.36. The SMILES string of the molecule is Cc1ccc([C@@H](C(=O)NC2CCCCC2)N(CCC[NH+]2CCOCC2)C(=O)c2ccc(-c3ccccc3)[nH]2)o1. The van der Waals surface area contributed by atoms with Gasteiger partial charge in [0.15, 0.2) is 6.04 Å². The molecule has 2 aliphatic rings. The van der Waals surface area contributed by atoms with Crippen LogP contribution in [0.2, 0.25) is 0 Å². The van der Waals surface area contributed by atoms with Crippen molar-refractivity contribution in [1.29, 1.82) is 0 Å². The van der Waals surface area contributed by atoms with Crippen molar-refractivity contribution in [2.45, 2.75) is 57.5 Å². The van der Waals surface area contributed by atoms with E-state index in [1.807, 2.05) is 61.5 Å². The highest BCUT2D eigenvalue weighted by atomic mass is 16.5. The number of rotatable bonds is 10. The Morgan fingerprint density at radius 2 is 1.79 bits per heavy atom. The van der Waals surface area contributed by atoms with E-state index < -0.39 is 6.04 Å². The standard InChI is InChI=1S/C31H40N4O4/c1-23-13-16-28(39-23)29(30(36)32-25-11-6-3-7-12-25)35(18-8-17-34-19-21-38-22-20-34)31(37)27-15-14-26(33-27)24-9-4-2-5-10-24/h2,4-5,9-10,13-16,25,29,33H,3,6-8,11-12,17-22H2,1H3,(H,32,36)/p+1/t29-/m0/s1. The fraction of sp³-hybridized carbons (Fsp3) is 0.484. The second-order valence-electron chi connectivity index (χ2n) is 10.8. The van der Waals surface area contributed by atoms with Gasteiger partial charge in [0.05, 0.1) is 19.8 Å². The van der Waals surface area contributed by atoms with E-state index in [0.29, 0.717) is 18.0 Å². The van der Waals surface area contributed by atoms with E-state index >= 15 is 0 Å². The second kappa shape index (κ2) is 13.1. The van der Waals surface area contributed by atoms with Crippen LogP contribution in [0.1, 0.15) is 66.6 Å².